The predicted octanol–water partition coefficient (Wildman–Crippen LogP) is 1.13. The largest absolute Gasteiger partial charge is 0.383 e. The third-order valence-electron chi connectivity index (χ3n) is 4.81. The molecule has 1 aliphatic rings. The van der Waals surface area contributed by atoms with Crippen molar-refractivity contribution in [1.29, 1.82) is 0 Å². The van der Waals surface area contributed by atoms with Crippen molar-refractivity contribution in [2.24, 2.45) is 0 Å². The van der Waals surface area contributed by atoms with E-state index in [-0.39, 0.29) is 17.5 Å². The molecule has 0 aliphatic carbocycles. The van der Waals surface area contributed by atoms with Crippen LogP contribution < -0.4 is 5.69 Å². The molecule has 0 radical (unpaired) electrons. The molecular formula is C18H25N5O3. The first-order valence-electron chi connectivity index (χ1n) is 9.02. The lowest BCUT2D eigenvalue weighted by atomic mass is 9.95. The molecule has 3 rings (SSSR count). The summed E-state index contributed by atoms with van der Waals surface area (Å²) in [6, 6.07) is 5.35. The lowest BCUT2D eigenvalue weighted by Gasteiger charge is -2.31. The Morgan fingerprint density at radius 2 is 2.08 bits per heavy atom. The molecule has 3 heterocycles. The number of carbonyl (C=O) groups excluding carboxylic acids is 1. The molecule has 0 aromatic carbocycles. The molecule has 26 heavy (non-hydrogen) atoms. The van der Waals surface area contributed by atoms with Crippen molar-refractivity contribution in [2.45, 2.75) is 38.8 Å². The zero-order chi connectivity index (χ0) is 18.5. The quantitative estimate of drug-likeness (QED) is 0.772. The summed E-state index contributed by atoms with van der Waals surface area (Å²) in [4.78, 5) is 30.9. The van der Waals surface area contributed by atoms with Gasteiger partial charge in [-0.15, -0.1) is 0 Å². The van der Waals surface area contributed by atoms with Crippen molar-refractivity contribution in [3.8, 4) is 0 Å². The second-order valence-corrected chi connectivity index (χ2v) is 6.38. The number of rotatable bonds is 6. The van der Waals surface area contributed by atoms with Gasteiger partial charge in [0.15, 0.2) is 0 Å². The van der Waals surface area contributed by atoms with E-state index in [9.17, 15) is 9.59 Å². The van der Waals surface area contributed by atoms with E-state index >= 15 is 0 Å². The van der Waals surface area contributed by atoms with Crippen LogP contribution in [-0.2, 0) is 17.8 Å². The van der Waals surface area contributed by atoms with Crippen LogP contribution >= 0.6 is 0 Å². The first kappa shape index (κ1) is 18.3. The van der Waals surface area contributed by atoms with Crippen molar-refractivity contribution in [2.75, 3.05) is 26.8 Å². The minimum atomic E-state index is -0.0912. The predicted molar refractivity (Wildman–Crippen MR) is 96.2 cm³/mol. The fraction of sp³-hybridized carbons (Fsp3) is 0.556. The summed E-state index contributed by atoms with van der Waals surface area (Å²) in [5.74, 6) is 0.959. The topological polar surface area (TPSA) is 82.2 Å². The normalized spacial score (nSPS) is 15.4. The minimum absolute atomic E-state index is 0.0393. The smallest absolute Gasteiger partial charge is 0.345 e. The van der Waals surface area contributed by atoms with Crippen LogP contribution in [0.2, 0.25) is 0 Å². The van der Waals surface area contributed by atoms with Gasteiger partial charge in [0, 0.05) is 38.9 Å². The van der Waals surface area contributed by atoms with Gasteiger partial charge in [0.05, 0.1) is 13.2 Å². The maximum atomic E-state index is 12.5. The standard InChI is InChI=1S/C18H25N5O3/c1-3-22-16(20-23(18(22)25)12-13-26-2)14-7-10-21(11-8-14)17(24)15-6-4-5-9-19-15/h4-6,9,14H,3,7-8,10-13H2,1-2H3. The van der Waals surface area contributed by atoms with Crippen LogP contribution in [0.5, 0.6) is 0 Å². The number of likely N-dealkylation sites (tertiary alicyclic amines) is 1. The van der Waals surface area contributed by atoms with E-state index in [2.05, 4.69) is 10.1 Å². The van der Waals surface area contributed by atoms with E-state index in [1.54, 1.807) is 30.0 Å². The molecule has 0 unspecified atom stereocenters. The number of ether oxygens (including phenoxy) is 1. The number of methoxy groups -OCH3 is 1. The van der Waals surface area contributed by atoms with Gasteiger partial charge in [0.25, 0.3) is 5.91 Å². The number of hydrogen-bond donors (Lipinski definition) is 0. The van der Waals surface area contributed by atoms with E-state index in [1.807, 2.05) is 17.9 Å². The first-order chi connectivity index (χ1) is 12.7. The molecule has 0 bridgehead atoms. The second kappa shape index (κ2) is 8.27. The Bertz CT molecular complexity index is 791. The van der Waals surface area contributed by atoms with Gasteiger partial charge in [-0.05, 0) is 31.9 Å². The van der Waals surface area contributed by atoms with Gasteiger partial charge >= 0.3 is 5.69 Å². The van der Waals surface area contributed by atoms with E-state index in [1.165, 1.54) is 4.68 Å². The molecule has 2 aromatic rings. The molecule has 0 saturated carbocycles. The van der Waals surface area contributed by atoms with Gasteiger partial charge in [0.1, 0.15) is 11.5 Å². The highest BCUT2D eigenvalue weighted by molar-refractivity contribution is 5.92. The van der Waals surface area contributed by atoms with Crippen LogP contribution in [0.15, 0.2) is 29.2 Å². The molecule has 1 amide bonds. The van der Waals surface area contributed by atoms with Crippen molar-refractivity contribution < 1.29 is 9.53 Å². The summed E-state index contributed by atoms with van der Waals surface area (Å²) >= 11 is 0. The zero-order valence-corrected chi connectivity index (χ0v) is 15.3. The van der Waals surface area contributed by atoms with Gasteiger partial charge in [-0.25, -0.2) is 9.48 Å². The van der Waals surface area contributed by atoms with Crippen molar-refractivity contribution >= 4 is 5.91 Å². The number of hydrogen-bond acceptors (Lipinski definition) is 5. The van der Waals surface area contributed by atoms with Crippen LogP contribution in [0, 0.1) is 0 Å². The Morgan fingerprint density at radius 3 is 2.69 bits per heavy atom. The summed E-state index contributed by atoms with van der Waals surface area (Å²) in [5, 5.41) is 4.54. The highest BCUT2D eigenvalue weighted by Crippen LogP contribution is 2.26. The maximum absolute atomic E-state index is 12.5. The monoisotopic (exact) mass is 359 g/mol. The highest BCUT2D eigenvalue weighted by atomic mass is 16.5. The second-order valence-electron chi connectivity index (χ2n) is 6.38. The third-order valence-corrected chi connectivity index (χ3v) is 4.81. The molecule has 2 aromatic heterocycles. The van der Waals surface area contributed by atoms with E-state index in [0.29, 0.717) is 38.5 Å². The molecule has 1 aliphatic heterocycles. The number of carbonyl (C=O) groups is 1. The summed E-state index contributed by atoms with van der Waals surface area (Å²) in [6.45, 7) is 4.73. The molecule has 1 saturated heterocycles. The Labute approximate surface area is 152 Å². The van der Waals surface area contributed by atoms with Gasteiger partial charge in [-0.1, -0.05) is 6.07 Å². The van der Waals surface area contributed by atoms with Crippen LogP contribution in [0.1, 0.15) is 42.0 Å². The van der Waals surface area contributed by atoms with Gasteiger partial charge < -0.3 is 9.64 Å². The fourth-order valence-corrected chi connectivity index (χ4v) is 3.37. The number of amides is 1. The molecule has 1 fully saturated rings. The third kappa shape index (κ3) is 3.70. The van der Waals surface area contributed by atoms with Crippen molar-refractivity contribution in [3.05, 3.63) is 46.4 Å². The van der Waals surface area contributed by atoms with Gasteiger partial charge in [0.2, 0.25) is 0 Å². The number of pyridine rings is 1. The Balaban J connectivity index is 1.70. The molecule has 8 heteroatoms. The van der Waals surface area contributed by atoms with Crippen molar-refractivity contribution in [1.82, 2.24) is 24.2 Å². The molecule has 8 nitrogen and oxygen atoms in total. The Kier molecular flexibility index (Phi) is 5.82. The van der Waals surface area contributed by atoms with Gasteiger partial charge in [-0.2, -0.15) is 5.10 Å². The van der Waals surface area contributed by atoms with E-state index in [0.717, 1.165) is 18.7 Å². The minimum Gasteiger partial charge on any atom is -0.383 e. The van der Waals surface area contributed by atoms with E-state index < -0.39 is 0 Å². The fourth-order valence-electron chi connectivity index (χ4n) is 3.37. The number of piperidine rings is 1. The summed E-state index contributed by atoms with van der Waals surface area (Å²) in [6.07, 6.45) is 3.21. The highest BCUT2D eigenvalue weighted by Gasteiger charge is 2.29. The average Bonchev–Trinajstić information content (AvgIpc) is 3.02. The Hall–Kier alpha value is -2.48. The molecule has 140 valence electrons. The Morgan fingerprint density at radius 1 is 1.31 bits per heavy atom. The summed E-state index contributed by atoms with van der Waals surface area (Å²) in [7, 11) is 1.61. The molecule has 0 spiro atoms. The lowest BCUT2D eigenvalue weighted by molar-refractivity contribution is 0.0704. The SMILES string of the molecule is CCn1c(C2CCN(C(=O)c3ccccn3)CC2)nn(CCOC)c1=O. The maximum Gasteiger partial charge on any atom is 0.345 e. The first-order valence-corrected chi connectivity index (χ1v) is 9.02. The molecule has 0 N–H and O–H groups in total. The van der Waals surface area contributed by atoms with Crippen LogP contribution in [0.25, 0.3) is 0 Å². The summed E-state index contributed by atoms with van der Waals surface area (Å²) < 4.78 is 8.27. The zero-order valence-electron chi connectivity index (χ0n) is 15.3. The average molecular weight is 359 g/mol. The van der Waals surface area contributed by atoms with Crippen LogP contribution in [0.4, 0.5) is 0 Å². The van der Waals surface area contributed by atoms with Crippen molar-refractivity contribution in [3.63, 3.8) is 0 Å². The molecule has 0 atom stereocenters. The number of nitrogens with zero attached hydrogens (tertiary/aromatic N) is 5. The lowest BCUT2D eigenvalue weighted by Crippen LogP contribution is -2.39. The molecular weight excluding hydrogens is 334 g/mol. The van der Waals surface area contributed by atoms with Crippen LogP contribution in [0.3, 0.4) is 0 Å². The van der Waals surface area contributed by atoms with Crippen LogP contribution in [-0.4, -0.2) is 56.9 Å². The summed E-state index contributed by atoms with van der Waals surface area (Å²) in [5.41, 5.74) is 0.381. The number of aromatic nitrogens is 4. The van der Waals surface area contributed by atoms with Gasteiger partial charge in [-0.3, -0.25) is 14.3 Å². The van der Waals surface area contributed by atoms with E-state index in [4.69, 9.17) is 4.74 Å².